The van der Waals surface area contributed by atoms with Crippen LogP contribution in [0.25, 0.3) is 16.9 Å². The molecule has 1 saturated heterocycles. The summed E-state index contributed by atoms with van der Waals surface area (Å²) in [6, 6.07) is 15.3. The summed E-state index contributed by atoms with van der Waals surface area (Å²) < 4.78 is 45.8. The van der Waals surface area contributed by atoms with Crippen LogP contribution < -0.4 is 10.2 Å². The van der Waals surface area contributed by atoms with Crippen LogP contribution in [0, 0.1) is 13.8 Å². The Morgan fingerprint density at radius 1 is 1.09 bits per heavy atom. The second-order valence-electron chi connectivity index (χ2n) is 10.0. The van der Waals surface area contributed by atoms with E-state index in [9.17, 15) is 22.8 Å². The van der Waals surface area contributed by atoms with Crippen molar-refractivity contribution in [2.45, 2.75) is 33.1 Å². The Morgan fingerprint density at radius 3 is 2.51 bits per heavy atom. The molecule has 1 atom stereocenters. The number of amides is 3. The Hall–Kier alpha value is -4.42. The van der Waals surface area contributed by atoms with E-state index in [1.54, 1.807) is 30.0 Å². The van der Waals surface area contributed by atoms with Gasteiger partial charge in [-0.15, -0.1) is 0 Å². The third kappa shape index (κ3) is 6.50. The number of urea groups is 1. The smallest absolute Gasteiger partial charge is 0.377 e. The number of nitrogens with zero attached hydrogens (tertiary/aromatic N) is 4. The second-order valence-corrected chi connectivity index (χ2v) is 11.0. The van der Waals surface area contributed by atoms with Gasteiger partial charge in [-0.1, -0.05) is 30.0 Å². The number of carbonyl (C=O) groups excluding carboxylic acids is 2. The van der Waals surface area contributed by atoms with Gasteiger partial charge in [0.15, 0.2) is 5.17 Å². The van der Waals surface area contributed by atoms with Gasteiger partial charge >= 0.3 is 12.2 Å². The lowest BCUT2D eigenvalue weighted by atomic mass is 10.0. The number of methoxy groups -OCH3 is 1. The Kier molecular flexibility index (Phi) is 8.43. The number of ether oxygens (including phenoxy) is 1. The van der Waals surface area contributed by atoms with E-state index >= 15 is 0 Å². The first-order chi connectivity index (χ1) is 20.4. The van der Waals surface area contributed by atoms with E-state index in [0.29, 0.717) is 22.8 Å². The van der Waals surface area contributed by atoms with Crippen LogP contribution in [0.2, 0.25) is 0 Å². The minimum atomic E-state index is -4.40. The molecule has 0 saturated carbocycles. The van der Waals surface area contributed by atoms with Gasteiger partial charge in [-0.05, 0) is 74.4 Å². The average Bonchev–Trinajstić information content (AvgIpc) is 3.60. The zero-order valence-electron chi connectivity index (χ0n) is 23.8. The monoisotopic (exact) mass is 607 g/mol. The lowest BCUT2D eigenvalue weighted by molar-refractivity contribution is -0.137. The van der Waals surface area contributed by atoms with Crippen LogP contribution in [0.5, 0.6) is 0 Å². The molecule has 12 heteroatoms. The molecule has 0 aliphatic carbocycles. The number of aromatic nitrogens is 2. The number of anilines is 2. The molecule has 0 bridgehead atoms. The molecule has 1 aromatic heterocycles. The van der Waals surface area contributed by atoms with E-state index in [1.807, 2.05) is 45.0 Å². The molecule has 43 heavy (non-hydrogen) atoms. The molecule has 3 amide bonds. The van der Waals surface area contributed by atoms with Crippen LogP contribution >= 0.6 is 11.8 Å². The number of hydrogen-bond donors (Lipinski definition) is 1. The predicted molar refractivity (Wildman–Crippen MR) is 162 cm³/mol. The van der Waals surface area contributed by atoms with Crippen LogP contribution in [0.4, 0.5) is 29.3 Å². The molecule has 1 aliphatic rings. The molecule has 1 unspecified atom stereocenters. The van der Waals surface area contributed by atoms with Gasteiger partial charge < -0.3 is 14.6 Å². The standard InChI is InChI=1S/C31H28F3N5O3S/c1-18-5-11-24(20(3)42-4)27(13-18)39-28(40)16-43-30(39)37-29(41)36-25-12-6-21(14-19(25)2)26-15-38(17-35-26)23-9-7-22(8-10-23)31(32,33)34/h5-15,17,20H,16H2,1-4H3,(H,36,41)/b37-30-. The minimum Gasteiger partial charge on any atom is -0.377 e. The van der Waals surface area contributed by atoms with E-state index in [0.717, 1.165) is 34.4 Å². The lowest BCUT2D eigenvalue weighted by Crippen LogP contribution is -2.31. The summed E-state index contributed by atoms with van der Waals surface area (Å²) in [4.78, 5) is 35.9. The van der Waals surface area contributed by atoms with Gasteiger partial charge in [0.25, 0.3) is 0 Å². The van der Waals surface area contributed by atoms with Gasteiger partial charge in [-0.3, -0.25) is 9.69 Å². The Labute approximate surface area is 250 Å². The average molecular weight is 608 g/mol. The Bertz CT molecular complexity index is 1720. The summed E-state index contributed by atoms with van der Waals surface area (Å²) in [6.07, 6.45) is -1.43. The van der Waals surface area contributed by atoms with E-state index in [-0.39, 0.29) is 22.9 Å². The maximum absolute atomic E-state index is 13.0. The molecule has 8 nitrogen and oxygen atoms in total. The molecule has 1 N–H and O–H groups in total. The molecular formula is C31H28F3N5O3S. The number of nitrogens with one attached hydrogen (secondary N) is 1. The highest BCUT2D eigenvalue weighted by Gasteiger charge is 2.33. The van der Waals surface area contributed by atoms with Crippen LogP contribution in [0.1, 0.15) is 35.3 Å². The van der Waals surface area contributed by atoms with Crippen molar-refractivity contribution in [1.29, 1.82) is 0 Å². The van der Waals surface area contributed by atoms with Gasteiger partial charge in [0.2, 0.25) is 5.91 Å². The van der Waals surface area contributed by atoms with Crippen molar-refractivity contribution in [3.8, 4) is 16.9 Å². The first kappa shape index (κ1) is 30.1. The highest BCUT2D eigenvalue weighted by Crippen LogP contribution is 2.35. The maximum Gasteiger partial charge on any atom is 0.416 e. The predicted octanol–water partition coefficient (Wildman–Crippen LogP) is 7.55. The number of alkyl halides is 3. The first-order valence-corrected chi connectivity index (χ1v) is 14.2. The highest BCUT2D eigenvalue weighted by molar-refractivity contribution is 8.15. The molecule has 5 rings (SSSR count). The quantitative estimate of drug-likeness (QED) is 0.245. The molecule has 3 aromatic carbocycles. The van der Waals surface area contributed by atoms with Crippen molar-refractivity contribution in [1.82, 2.24) is 9.55 Å². The summed E-state index contributed by atoms with van der Waals surface area (Å²) >= 11 is 1.19. The zero-order chi connectivity index (χ0) is 30.9. The largest absolute Gasteiger partial charge is 0.416 e. The molecule has 2 heterocycles. The fraction of sp³-hybridized carbons (Fsp3) is 0.226. The number of carbonyl (C=O) groups is 2. The van der Waals surface area contributed by atoms with Crippen molar-refractivity contribution in [2.24, 2.45) is 4.99 Å². The van der Waals surface area contributed by atoms with Crippen LogP contribution in [-0.4, -0.2) is 39.5 Å². The Morgan fingerprint density at radius 2 is 1.84 bits per heavy atom. The zero-order valence-corrected chi connectivity index (χ0v) is 24.6. The summed E-state index contributed by atoms with van der Waals surface area (Å²) in [5.74, 6) is -0.0174. The van der Waals surface area contributed by atoms with Crippen LogP contribution in [0.15, 0.2) is 78.2 Å². The lowest BCUT2D eigenvalue weighted by Gasteiger charge is -2.23. The van der Waals surface area contributed by atoms with E-state index in [1.165, 1.54) is 35.1 Å². The summed E-state index contributed by atoms with van der Waals surface area (Å²) in [5, 5.41) is 3.07. The molecule has 1 fully saturated rings. The third-order valence-corrected chi connectivity index (χ3v) is 7.94. The van der Waals surface area contributed by atoms with Crippen molar-refractivity contribution in [3.63, 3.8) is 0 Å². The number of hydrogen-bond acceptors (Lipinski definition) is 5. The molecular weight excluding hydrogens is 579 g/mol. The summed E-state index contributed by atoms with van der Waals surface area (Å²) in [5.41, 5.74) is 4.86. The molecule has 222 valence electrons. The number of thioether (sulfide) groups is 1. The molecule has 4 aromatic rings. The number of rotatable bonds is 6. The summed E-state index contributed by atoms with van der Waals surface area (Å²) in [7, 11) is 1.59. The Balaban J connectivity index is 1.33. The number of aliphatic imine (C=N–C) groups is 1. The van der Waals surface area contributed by atoms with E-state index in [2.05, 4.69) is 15.3 Å². The van der Waals surface area contributed by atoms with Crippen molar-refractivity contribution < 1.29 is 27.5 Å². The molecule has 0 spiro atoms. The molecule has 0 radical (unpaired) electrons. The first-order valence-electron chi connectivity index (χ1n) is 13.3. The van der Waals surface area contributed by atoms with E-state index < -0.39 is 17.8 Å². The topological polar surface area (TPSA) is 88.8 Å². The minimum absolute atomic E-state index is 0.160. The van der Waals surface area contributed by atoms with Crippen LogP contribution in [-0.2, 0) is 15.7 Å². The van der Waals surface area contributed by atoms with Gasteiger partial charge in [-0.25, -0.2) is 9.78 Å². The number of amidine groups is 1. The normalized spacial score (nSPS) is 15.3. The summed E-state index contributed by atoms with van der Waals surface area (Å²) in [6.45, 7) is 5.63. The number of halogens is 3. The van der Waals surface area contributed by atoms with Crippen molar-refractivity contribution in [2.75, 3.05) is 23.1 Å². The van der Waals surface area contributed by atoms with Gasteiger partial charge in [0.1, 0.15) is 0 Å². The molecule has 1 aliphatic heterocycles. The van der Waals surface area contributed by atoms with Gasteiger partial charge in [0.05, 0.1) is 35.1 Å². The second kappa shape index (κ2) is 12.1. The van der Waals surface area contributed by atoms with E-state index in [4.69, 9.17) is 4.74 Å². The highest BCUT2D eigenvalue weighted by atomic mass is 32.2. The van der Waals surface area contributed by atoms with Crippen molar-refractivity contribution >= 4 is 40.2 Å². The fourth-order valence-corrected chi connectivity index (χ4v) is 5.49. The maximum atomic E-state index is 13.0. The van der Waals surface area contributed by atoms with Crippen LogP contribution in [0.3, 0.4) is 0 Å². The van der Waals surface area contributed by atoms with Gasteiger partial charge in [-0.2, -0.15) is 18.2 Å². The SMILES string of the molecule is COC(C)c1ccc(C)cc1N1C(=O)CS/C1=N\C(=O)Nc1ccc(-c2cn(-c3ccc(C(F)(F)F)cc3)cn2)cc1C. The number of aryl methyl sites for hydroxylation is 2. The fourth-order valence-electron chi connectivity index (χ4n) is 4.63. The van der Waals surface area contributed by atoms with Gasteiger partial charge in [0, 0.05) is 35.8 Å². The number of imidazole rings is 1. The third-order valence-electron chi connectivity index (χ3n) is 7.02. The van der Waals surface area contributed by atoms with Crippen molar-refractivity contribution in [3.05, 3.63) is 95.4 Å². The number of benzene rings is 3.